The topological polar surface area (TPSA) is 83.9 Å². The van der Waals surface area contributed by atoms with Crippen LogP contribution < -0.4 is 14.8 Å². The maximum atomic E-state index is 13.3. The van der Waals surface area contributed by atoms with E-state index in [0.29, 0.717) is 10.9 Å². The molecule has 3 heterocycles. The minimum atomic E-state index is -0.515. The lowest BCUT2D eigenvalue weighted by Crippen LogP contribution is -2.42. The molecule has 0 bridgehead atoms. The van der Waals surface area contributed by atoms with Crippen LogP contribution in [-0.4, -0.2) is 46.9 Å². The van der Waals surface area contributed by atoms with Crippen molar-refractivity contribution in [1.29, 1.82) is 0 Å². The standard InChI is InChI=1S/C24H31N3O4S/c1-23(2,3)20(27-10-6-16(28)7-11-27)19-13-25-22(32-19)26-21(29)24(8-9-24)15-4-5-17-18(12-15)31-14-30-17/h4-5,12-13,16,20,28H,6-11,14H2,1-3H3,(H,25,26,29). The SMILES string of the molecule is CC(C)(C)C(c1cnc(NC(=O)C2(c3ccc4c(c3)OCO4)CC2)s1)N1CCC(O)CC1. The molecule has 32 heavy (non-hydrogen) atoms. The number of hydrogen-bond acceptors (Lipinski definition) is 7. The molecular weight excluding hydrogens is 426 g/mol. The summed E-state index contributed by atoms with van der Waals surface area (Å²) < 4.78 is 10.9. The van der Waals surface area contributed by atoms with Crippen molar-refractivity contribution in [2.75, 3.05) is 25.2 Å². The van der Waals surface area contributed by atoms with Crippen LogP contribution in [0.1, 0.15) is 62.9 Å². The molecule has 8 heteroatoms. The highest BCUT2D eigenvalue weighted by atomic mass is 32.1. The first-order chi connectivity index (χ1) is 15.3. The van der Waals surface area contributed by atoms with E-state index in [2.05, 4.69) is 36.0 Å². The Morgan fingerprint density at radius 3 is 2.66 bits per heavy atom. The lowest BCUT2D eigenvalue weighted by Gasteiger charge is -2.42. The molecule has 1 aromatic carbocycles. The van der Waals surface area contributed by atoms with Crippen molar-refractivity contribution in [3.05, 3.63) is 34.8 Å². The molecule has 7 nitrogen and oxygen atoms in total. The summed E-state index contributed by atoms with van der Waals surface area (Å²) in [6.07, 6.45) is 4.94. The molecule has 2 aromatic rings. The van der Waals surface area contributed by atoms with Gasteiger partial charge in [-0.2, -0.15) is 0 Å². The number of hydrogen-bond donors (Lipinski definition) is 2. The number of rotatable bonds is 5. The van der Waals surface area contributed by atoms with E-state index in [-0.39, 0.29) is 30.3 Å². The van der Waals surface area contributed by atoms with Gasteiger partial charge in [-0.05, 0) is 48.8 Å². The zero-order valence-corrected chi connectivity index (χ0v) is 19.7. The van der Waals surface area contributed by atoms with Crippen molar-refractivity contribution < 1.29 is 19.4 Å². The molecule has 2 aliphatic heterocycles. The Hall–Kier alpha value is -2.16. The van der Waals surface area contributed by atoms with Gasteiger partial charge in [-0.1, -0.05) is 26.8 Å². The number of benzene rings is 1. The van der Waals surface area contributed by atoms with Crippen molar-refractivity contribution in [1.82, 2.24) is 9.88 Å². The minimum absolute atomic E-state index is 0.00864. The van der Waals surface area contributed by atoms with E-state index in [1.165, 1.54) is 0 Å². The van der Waals surface area contributed by atoms with Gasteiger partial charge in [0.2, 0.25) is 12.7 Å². The molecule has 0 spiro atoms. The van der Waals surface area contributed by atoms with E-state index in [1.807, 2.05) is 24.4 Å². The summed E-state index contributed by atoms with van der Waals surface area (Å²) in [4.78, 5) is 21.4. The van der Waals surface area contributed by atoms with Gasteiger partial charge in [-0.15, -0.1) is 11.3 Å². The summed E-state index contributed by atoms with van der Waals surface area (Å²) in [6.45, 7) is 8.68. The third-order valence-electron chi connectivity index (χ3n) is 6.81. The van der Waals surface area contributed by atoms with E-state index in [0.717, 1.165) is 55.0 Å². The molecule has 1 saturated heterocycles. The van der Waals surface area contributed by atoms with Crippen molar-refractivity contribution in [3.8, 4) is 11.5 Å². The maximum Gasteiger partial charge on any atom is 0.236 e. The van der Waals surface area contributed by atoms with E-state index in [4.69, 9.17) is 9.47 Å². The molecule has 172 valence electrons. The molecule has 1 unspecified atom stereocenters. The number of likely N-dealkylation sites (tertiary alicyclic amines) is 1. The van der Waals surface area contributed by atoms with Gasteiger partial charge >= 0.3 is 0 Å². The Morgan fingerprint density at radius 2 is 1.97 bits per heavy atom. The fourth-order valence-corrected chi connectivity index (χ4v) is 6.14. The van der Waals surface area contributed by atoms with Gasteiger partial charge in [0.15, 0.2) is 16.6 Å². The lowest BCUT2D eigenvalue weighted by molar-refractivity contribution is -0.118. The molecule has 1 aliphatic carbocycles. The number of carbonyl (C=O) groups excluding carboxylic acids is 1. The number of ether oxygens (including phenoxy) is 2. The van der Waals surface area contributed by atoms with E-state index in [1.54, 1.807) is 11.3 Å². The number of anilines is 1. The van der Waals surface area contributed by atoms with E-state index < -0.39 is 5.41 Å². The largest absolute Gasteiger partial charge is 0.454 e. The minimum Gasteiger partial charge on any atom is -0.454 e. The third-order valence-corrected chi connectivity index (χ3v) is 7.77. The van der Waals surface area contributed by atoms with Crippen LogP contribution in [0.2, 0.25) is 0 Å². The average Bonchev–Trinajstić information content (AvgIpc) is 3.22. The smallest absolute Gasteiger partial charge is 0.236 e. The van der Waals surface area contributed by atoms with Gasteiger partial charge in [0.1, 0.15) is 0 Å². The molecule has 5 rings (SSSR count). The second kappa shape index (κ2) is 8.01. The first-order valence-electron chi connectivity index (χ1n) is 11.4. The molecule has 1 aromatic heterocycles. The van der Waals surface area contributed by atoms with Crippen LogP contribution in [0.5, 0.6) is 11.5 Å². The molecule has 3 aliphatic rings. The summed E-state index contributed by atoms with van der Waals surface area (Å²) in [5.41, 5.74) is 0.468. The van der Waals surface area contributed by atoms with Crippen molar-refractivity contribution in [2.45, 2.75) is 64.0 Å². The Bertz CT molecular complexity index is 1000. The van der Waals surface area contributed by atoms with Gasteiger partial charge in [-0.25, -0.2) is 4.98 Å². The summed E-state index contributed by atoms with van der Waals surface area (Å²) in [5, 5.41) is 13.6. The van der Waals surface area contributed by atoms with Crippen LogP contribution in [0.15, 0.2) is 24.4 Å². The van der Waals surface area contributed by atoms with Gasteiger partial charge in [-0.3, -0.25) is 9.69 Å². The number of piperidine rings is 1. The number of nitrogens with zero attached hydrogens (tertiary/aromatic N) is 2. The summed E-state index contributed by atoms with van der Waals surface area (Å²) in [5.74, 6) is 1.43. The van der Waals surface area contributed by atoms with Crippen LogP contribution in [0.3, 0.4) is 0 Å². The van der Waals surface area contributed by atoms with E-state index >= 15 is 0 Å². The summed E-state index contributed by atoms with van der Waals surface area (Å²) in [7, 11) is 0. The zero-order valence-electron chi connectivity index (χ0n) is 18.9. The number of thiazole rings is 1. The zero-order chi connectivity index (χ0) is 22.5. The Labute approximate surface area is 192 Å². The maximum absolute atomic E-state index is 13.3. The van der Waals surface area contributed by atoms with Crippen LogP contribution in [-0.2, 0) is 10.2 Å². The number of aliphatic hydroxyl groups is 1. The Morgan fingerprint density at radius 1 is 1.25 bits per heavy atom. The molecule has 2 fully saturated rings. The second-order valence-corrected chi connectivity index (χ2v) is 11.3. The van der Waals surface area contributed by atoms with Crippen molar-refractivity contribution in [2.24, 2.45) is 5.41 Å². The van der Waals surface area contributed by atoms with Gasteiger partial charge < -0.3 is 19.9 Å². The molecule has 0 radical (unpaired) electrons. The Kier molecular flexibility index (Phi) is 5.42. The molecule has 1 atom stereocenters. The van der Waals surface area contributed by atoms with Crippen LogP contribution >= 0.6 is 11.3 Å². The molecule has 1 saturated carbocycles. The van der Waals surface area contributed by atoms with Crippen LogP contribution in [0, 0.1) is 5.41 Å². The average molecular weight is 458 g/mol. The highest BCUT2D eigenvalue weighted by Gasteiger charge is 2.52. The number of aliphatic hydroxyl groups excluding tert-OH is 1. The monoisotopic (exact) mass is 457 g/mol. The number of fused-ring (bicyclic) bond motifs is 1. The van der Waals surface area contributed by atoms with Crippen molar-refractivity contribution in [3.63, 3.8) is 0 Å². The lowest BCUT2D eigenvalue weighted by atomic mass is 9.84. The highest BCUT2D eigenvalue weighted by Crippen LogP contribution is 2.51. The molecular formula is C24H31N3O4S. The number of carbonyl (C=O) groups is 1. The van der Waals surface area contributed by atoms with Crippen LogP contribution in [0.25, 0.3) is 0 Å². The first-order valence-corrected chi connectivity index (χ1v) is 12.2. The quantitative estimate of drug-likeness (QED) is 0.704. The van der Waals surface area contributed by atoms with E-state index in [9.17, 15) is 9.90 Å². The Balaban J connectivity index is 1.32. The molecule has 2 N–H and O–H groups in total. The van der Waals surface area contributed by atoms with Crippen LogP contribution in [0.4, 0.5) is 5.13 Å². The first kappa shape index (κ1) is 21.7. The molecule has 1 amide bonds. The number of aromatic nitrogens is 1. The fourth-order valence-electron chi connectivity index (χ4n) is 4.95. The van der Waals surface area contributed by atoms with Gasteiger partial charge in [0.05, 0.1) is 17.6 Å². The second-order valence-electron chi connectivity index (χ2n) is 10.2. The number of amides is 1. The predicted molar refractivity (Wildman–Crippen MR) is 123 cm³/mol. The fraction of sp³-hybridized carbons (Fsp3) is 0.583. The summed E-state index contributed by atoms with van der Waals surface area (Å²) >= 11 is 1.56. The predicted octanol–water partition coefficient (Wildman–Crippen LogP) is 4.09. The highest BCUT2D eigenvalue weighted by molar-refractivity contribution is 7.15. The van der Waals surface area contributed by atoms with Gasteiger partial charge in [0, 0.05) is 24.2 Å². The number of nitrogens with one attached hydrogen (secondary N) is 1. The van der Waals surface area contributed by atoms with Crippen molar-refractivity contribution >= 4 is 22.4 Å². The third kappa shape index (κ3) is 4.00. The van der Waals surface area contributed by atoms with Gasteiger partial charge in [0.25, 0.3) is 0 Å². The normalized spacial score (nSPS) is 21.4. The summed E-state index contributed by atoms with van der Waals surface area (Å²) in [6, 6.07) is 5.98.